The molecule has 0 spiro atoms. The van der Waals surface area contributed by atoms with Crippen LogP contribution in [0.4, 0.5) is 5.69 Å². The quantitative estimate of drug-likeness (QED) is 0.842. The smallest absolute Gasteiger partial charge is 0.327 e. The molecule has 1 aromatic carbocycles. The van der Waals surface area contributed by atoms with Crippen molar-refractivity contribution in [1.82, 2.24) is 0 Å². The van der Waals surface area contributed by atoms with Crippen molar-refractivity contribution in [3.05, 3.63) is 29.8 Å². The highest BCUT2D eigenvalue weighted by Crippen LogP contribution is 2.33. The minimum atomic E-state index is -1.03. The van der Waals surface area contributed by atoms with Crippen LogP contribution in [0.25, 0.3) is 0 Å². The van der Waals surface area contributed by atoms with E-state index in [-0.39, 0.29) is 12.3 Å². The number of carboxylic acid groups (broad SMARTS) is 1. The molecule has 6 nitrogen and oxygen atoms in total. The third-order valence-electron chi connectivity index (χ3n) is 3.74. The number of aliphatic carboxylic acids is 1. The Morgan fingerprint density at radius 1 is 1.38 bits per heavy atom. The monoisotopic (exact) mass is 290 g/mol. The van der Waals surface area contributed by atoms with Gasteiger partial charge in [0.05, 0.1) is 0 Å². The Morgan fingerprint density at radius 3 is 2.67 bits per heavy atom. The molecule has 21 heavy (non-hydrogen) atoms. The molecule has 0 aliphatic carbocycles. The van der Waals surface area contributed by atoms with E-state index in [9.17, 15) is 19.5 Å². The Bertz CT molecular complexity index is 585. The van der Waals surface area contributed by atoms with Crippen molar-refractivity contribution in [2.45, 2.75) is 32.2 Å². The summed E-state index contributed by atoms with van der Waals surface area (Å²) in [5.41, 5.74) is 6.58. The number of nitrogens with two attached hydrogens (primary N) is 1. The Kier molecular flexibility index (Phi) is 4.26. The fourth-order valence-electron chi connectivity index (χ4n) is 2.58. The van der Waals surface area contributed by atoms with E-state index in [1.807, 2.05) is 12.1 Å². The number of amides is 2. The first-order valence-electron chi connectivity index (χ1n) is 6.84. The first-order valence-corrected chi connectivity index (χ1v) is 6.84. The van der Waals surface area contributed by atoms with Crippen LogP contribution in [-0.4, -0.2) is 28.9 Å². The summed E-state index contributed by atoms with van der Waals surface area (Å²) >= 11 is 0. The van der Waals surface area contributed by atoms with Crippen LogP contribution < -0.4 is 10.6 Å². The van der Waals surface area contributed by atoms with Gasteiger partial charge in [0.2, 0.25) is 11.8 Å². The topological polar surface area (TPSA) is 101 Å². The summed E-state index contributed by atoms with van der Waals surface area (Å²) in [6.07, 6.45) is 0.735. The maximum Gasteiger partial charge on any atom is 0.327 e. The number of carboxylic acids is 1. The van der Waals surface area contributed by atoms with Crippen LogP contribution in [0.1, 0.15) is 25.3 Å². The number of carbonyl (C=O) groups is 3. The van der Waals surface area contributed by atoms with Gasteiger partial charge in [-0.05, 0) is 18.1 Å². The minimum Gasteiger partial charge on any atom is -0.480 e. The summed E-state index contributed by atoms with van der Waals surface area (Å²) in [5.74, 6) is -2.23. The van der Waals surface area contributed by atoms with Crippen LogP contribution in [0.15, 0.2) is 24.3 Å². The highest BCUT2D eigenvalue weighted by atomic mass is 16.4. The summed E-state index contributed by atoms with van der Waals surface area (Å²) in [5, 5.41) is 9.34. The van der Waals surface area contributed by atoms with Crippen molar-refractivity contribution in [1.29, 1.82) is 0 Å². The standard InChI is InChI=1S/C15H18N2O4/c1-9(6-7-13(16)18)14(19)17-11-5-3-2-4-10(11)8-12(17)15(20)21/h2-5,9,12H,6-8H2,1H3,(H2,16,18)(H,20,21)/t9?,12-/m0/s1. The van der Waals surface area contributed by atoms with Crippen LogP contribution in [0.3, 0.4) is 0 Å². The van der Waals surface area contributed by atoms with E-state index in [2.05, 4.69) is 0 Å². The second kappa shape index (κ2) is 5.95. The van der Waals surface area contributed by atoms with Gasteiger partial charge in [0, 0.05) is 24.4 Å². The van der Waals surface area contributed by atoms with Crippen molar-refractivity contribution < 1.29 is 19.5 Å². The summed E-state index contributed by atoms with van der Waals surface area (Å²) in [4.78, 5) is 36.1. The molecule has 0 saturated heterocycles. The second-order valence-corrected chi connectivity index (χ2v) is 5.30. The molecule has 1 heterocycles. The minimum absolute atomic E-state index is 0.111. The Labute approximate surface area is 122 Å². The second-order valence-electron chi connectivity index (χ2n) is 5.30. The molecule has 1 aromatic rings. The van der Waals surface area contributed by atoms with Crippen molar-refractivity contribution in [3.8, 4) is 0 Å². The molecule has 1 aliphatic heterocycles. The first-order chi connectivity index (χ1) is 9.91. The van der Waals surface area contributed by atoms with Gasteiger partial charge >= 0.3 is 5.97 Å². The zero-order valence-corrected chi connectivity index (χ0v) is 11.8. The van der Waals surface area contributed by atoms with E-state index >= 15 is 0 Å². The number of hydrogen-bond acceptors (Lipinski definition) is 3. The summed E-state index contributed by atoms with van der Waals surface area (Å²) in [7, 11) is 0. The van der Waals surface area contributed by atoms with E-state index < -0.39 is 23.8 Å². The van der Waals surface area contributed by atoms with Gasteiger partial charge in [0.15, 0.2) is 0 Å². The largest absolute Gasteiger partial charge is 0.480 e. The molecular weight excluding hydrogens is 272 g/mol. The molecule has 0 aromatic heterocycles. The van der Waals surface area contributed by atoms with E-state index in [0.717, 1.165) is 5.56 Å². The number of primary amides is 1. The van der Waals surface area contributed by atoms with Crippen LogP contribution in [0.2, 0.25) is 0 Å². The normalized spacial score (nSPS) is 18.1. The van der Waals surface area contributed by atoms with Crippen molar-refractivity contribution in [2.24, 2.45) is 11.7 Å². The third-order valence-corrected chi connectivity index (χ3v) is 3.74. The average molecular weight is 290 g/mol. The van der Waals surface area contributed by atoms with Gasteiger partial charge in [-0.2, -0.15) is 0 Å². The molecule has 112 valence electrons. The van der Waals surface area contributed by atoms with E-state index in [1.54, 1.807) is 19.1 Å². The number of hydrogen-bond donors (Lipinski definition) is 2. The van der Waals surface area contributed by atoms with Crippen LogP contribution in [0, 0.1) is 5.92 Å². The maximum absolute atomic E-state index is 12.5. The van der Waals surface area contributed by atoms with Gasteiger partial charge in [-0.3, -0.25) is 14.5 Å². The molecule has 0 radical (unpaired) electrons. The lowest BCUT2D eigenvalue weighted by Gasteiger charge is -2.25. The van der Waals surface area contributed by atoms with Gasteiger partial charge in [0.1, 0.15) is 6.04 Å². The molecular formula is C15H18N2O4. The molecule has 0 bridgehead atoms. The molecule has 3 N–H and O–H groups in total. The average Bonchev–Trinajstić information content (AvgIpc) is 2.83. The molecule has 0 saturated carbocycles. The summed E-state index contributed by atoms with van der Waals surface area (Å²) < 4.78 is 0. The predicted molar refractivity (Wildman–Crippen MR) is 76.6 cm³/mol. The van der Waals surface area contributed by atoms with Crippen molar-refractivity contribution in [3.63, 3.8) is 0 Å². The third kappa shape index (κ3) is 3.04. The predicted octanol–water partition coefficient (Wildman–Crippen LogP) is 0.930. The molecule has 2 rings (SSSR count). The maximum atomic E-state index is 12.5. The van der Waals surface area contributed by atoms with Gasteiger partial charge in [0.25, 0.3) is 0 Å². The highest BCUT2D eigenvalue weighted by Gasteiger charge is 2.39. The van der Waals surface area contributed by atoms with Gasteiger partial charge < -0.3 is 10.8 Å². The molecule has 2 amide bonds. The molecule has 1 unspecified atom stereocenters. The Balaban J connectivity index is 2.24. The zero-order valence-electron chi connectivity index (χ0n) is 11.8. The number of rotatable bonds is 5. The fraction of sp³-hybridized carbons (Fsp3) is 0.400. The van der Waals surface area contributed by atoms with Gasteiger partial charge in [-0.1, -0.05) is 25.1 Å². The lowest BCUT2D eigenvalue weighted by atomic mass is 10.0. The lowest BCUT2D eigenvalue weighted by molar-refractivity contribution is -0.140. The van der Waals surface area contributed by atoms with E-state index in [0.29, 0.717) is 18.5 Å². The highest BCUT2D eigenvalue weighted by molar-refractivity contribution is 6.02. The Morgan fingerprint density at radius 2 is 2.05 bits per heavy atom. The van der Waals surface area contributed by atoms with E-state index in [4.69, 9.17) is 5.73 Å². The number of fused-ring (bicyclic) bond motifs is 1. The van der Waals surface area contributed by atoms with Crippen LogP contribution >= 0.6 is 0 Å². The van der Waals surface area contributed by atoms with E-state index in [1.165, 1.54) is 4.90 Å². The molecule has 1 aliphatic rings. The SMILES string of the molecule is CC(CCC(N)=O)C(=O)N1c2ccccc2C[C@H]1C(=O)O. The molecule has 6 heteroatoms. The van der Waals surface area contributed by atoms with Gasteiger partial charge in [-0.25, -0.2) is 4.79 Å². The zero-order chi connectivity index (χ0) is 15.6. The summed E-state index contributed by atoms with van der Waals surface area (Å²) in [6.45, 7) is 1.69. The van der Waals surface area contributed by atoms with Crippen LogP contribution in [0.5, 0.6) is 0 Å². The lowest BCUT2D eigenvalue weighted by Crippen LogP contribution is -2.45. The number of para-hydroxylation sites is 1. The molecule has 2 atom stereocenters. The number of benzene rings is 1. The molecule has 0 fully saturated rings. The van der Waals surface area contributed by atoms with Crippen molar-refractivity contribution in [2.75, 3.05) is 4.90 Å². The summed E-state index contributed by atoms with van der Waals surface area (Å²) in [6, 6.07) is 6.29. The number of nitrogens with zero attached hydrogens (tertiary/aromatic N) is 1. The fourth-order valence-corrected chi connectivity index (χ4v) is 2.58. The number of anilines is 1. The Hall–Kier alpha value is -2.37. The van der Waals surface area contributed by atoms with Crippen molar-refractivity contribution >= 4 is 23.5 Å². The number of carbonyl (C=O) groups excluding carboxylic acids is 2. The van der Waals surface area contributed by atoms with Gasteiger partial charge in [-0.15, -0.1) is 0 Å². The first kappa shape index (κ1) is 15.0. The van der Waals surface area contributed by atoms with Crippen LogP contribution in [-0.2, 0) is 20.8 Å².